The van der Waals surface area contributed by atoms with Crippen molar-refractivity contribution in [1.29, 1.82) is 0 Å². The molecule has 5 rings (SSSR count). The van der Waals surface area contributed by atoms with Crippen molar-refractivity contribution in [2.24, 2.45) is 0 Å². The number of ether oxygens (including phenoxy) is 2. The molecule has 2 aliphatic heterocycles. The molecule has 1 amide bonds. The molecule has 2 N–H and O–H groups in total. The van der Waals surface area contributed by atoms with E-state index in [2.05, 4.69) is 57.2 Å². The zero-order valence-electron chi connectivity index (χ0n) is 24.3. The standard InChI is InChI=1S/C32H40N6O3/c1-5-31(39)33-24-19-23(2)20-26(21-24)41-32-28(38-13-7-6-8-14-38)11-12-30(35-32)34-27-10-9-25(22-29(27)40-4)37-17-15-36(3)16-18-37/h5,9-12,19-22H,1,6-8,13-18H2,2-4H3,(H,33,39)(H,34,35). The van der Waals surface area contributed by atoms with Gasteiger partial charge >= 0.3 is 0 Å². The Labute approximate surface area is 242 Å². The molecule has 0 atom stereocenters. The summed E-state index contributed by atoms with van der Waals surface area (Å²) in [6, 6.07) is 15.9. The molecule has 0 bridgehead atoms. The van der Waals surface area contributed by atoms with Gasteiger partial charge < -0.3 is 34.8 Å². The van der Waals surface area contributed by atoms with Crippen molar-refractivity contribution in [3.05, 3.63) is 66.7 Å². The number of aromatic nitrogens is 1. The number of nitrogens with one attached hydrogen (secondary N) is 2. The van der Waals surface area contributed by atoms with Gasteiger partial charge in [-0.1, -0.05) is 6.58 Å². The Bertz CT molecular complexity index is 1380. The van der Waals surface area contributed by atoms with Crippen LogP contribution in [0.4, 0.5) is 28.6 Å². The van der Waals surface area contributed by atoms with Crippen molar-refractivity contribution < 1.29 is 14.3 Å². The lowest BCUT2D eigenvalue weighted by molar-refractivity contribution is -0.111. The van der Waals surface area contributed by atoms with Crippen molar-refractivity contribution in [2.45, 2.75) is 26.2 Å². The van der Waals surface area contributed by atoms with Crippen LogP contribution >= 0.6 is 0 Å². The van der Waals surface area contributed by atoms with Crippen LogP contribution in [0.3, 0.4) is 0 Å². The summed E-state index contributed by atoms with van der Waals surface area (Å²) in [6.07, 6.45) is 4.75. The highest BCUT2D eigenvalue weighted by molar-refractivity contribution is 5.99. The number of carbonyl (C=O) groups excluding carboxylic acids is 1. The highest BCUT2D eigenvalue weighted by Gasteiger charge is 2.20. The molecule has 0 saturated carbocycles. The van der Waals surface area contributed by atoms with E-state index in [4.69, 9.17) is 14.5 Å². The van der Waals surface area contributed by atoms with E-state index >= 15 is 0 Å². The smallest absolute Gasteiger partial charge is 0.247 e. The third-order valence-electron chi connectivity index (χ3n) is 7.57. The first-order valence-electron chi connectivity index (χ1n) is 14.3. The minimum Gasteiger partial charge on any atom is -0.494 e. The van der Waals surface area contributed by atoms with E-state index in [1.807, 2.05) is 31.2 Å². The summed E-state index contributed by atoms with van der Waals surface area (Å²) >= 11 is 0. The molecule has 9 nitrogen and oxygen atoms in total. The maximum absolute atomic E-state index is 11.9. The third kappa shape index (κ3) is 7.10. The minimum absolute atomic E-state index is 0.271. The van der Waals surface area contributed by atoms with Gasteiger partial charge in [-0.2, -0.15) is 4.98 Å². The minimum atomic E-state index is -0.271. The Balaban J connectivity index is 1.42. The predicted molar refractivity (Wildman–Crippen MR) is 166 cm³/mol. The van der Waals surface area contributed by atoms with Gasteiger partial charge in [-0.15, -0.1) is 0 Å². The van der Waals surface area contributed by atoms with Gasteiger partial charge in [0.05, 0.1) is 12.8 Å². The number of benzene rings is 2. The molecule has 0 radical (unpaired) electrons. The van der Waals surface area contributed by atoms with E-state index in [1.54, 1.807) is 13.2 Å². The van der Waals surface area contributed by atoms with Gasteiger partial charge in [0.15, 0.2) is 0 Å². The number of methoxy groups -OCH3 is 1. The average molecular weight is 557 g/mol. The van der Waals surface area contributed by atoms with Crippen molar-refractivity contribution in [1.82, 2.24) is 9.88 Å². The lowest BCUT2D eigenvalue weighted by Crippen LogP contribution is -2.44. The summed E-state index contributed by atoms with van der Waals surface area (Å²) in [5, 5.41) is 6.27. The Morgan fingerprint density at radius 3 is 2.46 bits per heavy atom. The molecule has 3 heterocycles. The number of hydrogen-bond acceptors (Lipinski definition) is 8. The molecule has 2 aliphatic rings. The van der Waals surface area contributed by atoms with Gasteiger partial charge in [0.1, 0.15) is 23.0 Å². The lowest BCUT2D eigenvalue weighted by Gasteiger charge is -2.34. The molecule has 0 unspecified atom stereocenters. The van der Waals surface area contributed by atoms with Crippen molar-refractivity contribution >= 4 is 34.5 Å². The SMILES string of the molecule is C=CC(=O)Nc1cc(C)cc(Oc2nc(Nc3ccc(N4CCN(C)CC4)cc3OC)ccc2N2CCCCC2)c1. The number of aryl methyl sites for hydroxylation is 1. The van der Waals surface area contributed by atoms with Gasteiger partial charge in [0.25, 0.3) is 0 Å². The first-order chi connectivity index (χ1) is 19.9. The summed E-state index contributed by atoms with van der Waals surface area (Å²) < 4.78 is 12.2. The van der Waals surface area contributed by atoms with E-state index in [-0.39, 0.29) is 5.91 Å². The highest BCUT2D eigenvalue weighted by atomic mass is 16.5. The van der Waals surface area contributed by atoms with E-state index in [0.29, 0.717) is 23.1 Å². The largest absolute Gasteiger partial charge is 0.494 e. The Kier molecular flexibility index (Phi) is 8.94. The second-order valence-electron chi connectivity index (χ2n) is 10.7. The Morgan fingerprint density at radius 2 is 1.73 bits per heavy atom. The summed E-state index contributed by atoms with van der Waals surface area (Å²) in [7, 11) is 3.85. The average Bonchev–Trinajstić information content (AvgIpc) is 2.98. The van der Waals surface area contributed by atoms with Crippen LogP contribution in [0.2, 0.25) is 0 Å². The van der Waals surface area contributed by atoms with E-state index in [9.17, 15) is 4.79 Å². The molecule has 3 aromatic rings. The fourth-order valence-corrected chi connectivity index (χ4v) is 5.32. The van der Waals surface area contributed by atoms with Crippen LogP contribution in [0.5, 0.6) is 17.4 Å². The van der Waals surface area contributed by atoms with Gasteiger partial charge in [0.2, 0.25) is 11.8 Å². The Morgan fingerprint density at radius 1 is 0.951 bits per heavy atom. The van der Waals surface area contributed by atoms with E-state index in [0.717, 1.165) is 80.5 Å². The molecular weight excluding hydrogens is 516 g/mol. The van der Waals surface area contributed by atoms with Gasteiger partial charge in [-0.25, -0.2) is 0 Å². The topological polar surface area (TPSA) is 82.2 Å². The first kappa shape index (κ1) is 28.3. The molecule has 0 aliphatic carbocycles. The molecule has 1 aromatic heterocycles. The second kappa shape index (κ2) is 13.0. The lowest BCUT2D eigenvalue weighted by atomic mass is 10.1. The second-order valence-corrected chi connectivity index (χ2v) is 10.7. The van der Waals surface area contributed by atoms with E-state index < -0.39 is 0 Å². The van der Waals surface area contributed by atoms with Crippen LogP contribution in [-0.2, 0) is 4.79 Å². The zero-order valence-corrected chi connectivity index (χ0v) is 24.3. The zero-order chi connectivity index (χ0) is 28.8. The number of nitrogens with zero attached hydrogens (tertiary/aromatic N) is 4. The number of rotatable bonds is 9. The Hall–Kier alpha value is -4.24. The maximum atomic E-state index is 11.9. The van der Waals surface area contributed by atoms with Gasteiger partial charge in [-0.05, 0) is 81.3 Å². The van der Waals surface area contributed by atoms with Crippen LogP contribution in [-0.4, -0.2) is 69.2 Å². The fourth-order valence-electron chi connectivity index (χ4n) is 5.32. The number of amides is 1. The number of hydrogen-bond donors (Lipinski definition) is 2. The van der Waals surface area contributed by atoms with Crippen LogP contribution in [0.1, 0.15) is 24.8 Å². The summed E-state index contributed by atoms with van der Waals surface area (Å²) in [6.45, 7) is 11.5. The van der Waals surface area contributed by atoms with Crippen LogP contribution < -0.4 is 29.9 Å². The van der Waals surface area contributed by atoms with Crippen LogP contribution in [0.25, 0.3) is 0 Å². The van der Waals surface area contributed by atoms with Crippen molar-refractivity contribution in [2.75, 3.05) is 73.9 Å². The van der Waals surface area contributed by atoms with Crippen molar-refractivity contribution in [3.8, 4) is 17.4 Å². The third-order valence-corrected chi connectivity index (χ3v) is 7.57. The molecule has 9 heteroatoms. The van der Waals surface area contributed by atoms with Crippen molar-refractivity contribution in [3.63, 3.8) is 0 Å². The molecule has 216 valence electrons. The summed E-state index contributed by atoms with van der Waals surface area (Å²) in [4.78, 5) is 23.9. The molecule has 41 heavy (non-hydrogen) atoms. The quantitative estimate of drug-likeness (QED) is 0.320. The van der Waals surface area contributed by atoms with Crippen LogP contribution in [0, 0.1) is 6.92 Å². The molecule has 2 saturated heterocycles. The molecule has 0 spiro atoms. The van der Waals surface area contributed by atoms with Gasteiger partial charge in [0, 0.05) is 62.8 Å². The number of piperazine rings is 1. The van der Waals surface area contributed by atoms with E-state index in [1.165, 1.54) is 12.5 Å². The number of anilines is 5. The highest BCUT2D eigenvalue weighted by Crippen LogP contribution is 2.37. The molecular formula is C32H40N6O3. The molecule has 2 aromatic carbocycles. The fraction of sp³-hybridized carbons (Fsp3) is 0.375. The maximum Gasteiger partial charge on any atom is 0.247 e. The number of piperidine rings is 1. The number of likely N-dealkylation sites (N-methyl/N-ethyl adjacent to an activating group) is 1. The summed E-state index contributed by atoms with van der Waals surface area (Å²) in [5.41, 5.74) is 4.53. The van der Waals surface area contributed by atoms with Gasteiger partial charge in [-0.3, -0.25) is 4.79 Å². The number of carbonyl (C=O) groups is 1. The summed E-state index contributed by atoms with van der Waals surface area (Å²) in [5.74, 6) is 2.25. The predicted octanol–water partition coefficient (Wildman–Crippen LogP) is 5.80. The normalized spacial score (nSPS) is 15.8. The number of pyridine rings is 1. The first-order valence-corrected chi connectivity index (χ1v) is 14.3. The molecule has 2 fully saturated rings. The monoisotopic (exact) mass is 556 g/mol. The van der Waals surface area contributed by atoms with Crippen LogP contribution in [0.15, 0.2) is 61.2 Å².